The molecule has 2 N–H and O–H groups in total. The van der Waals surface area contributed by atoms with E-state index in [1.165, 1.54) is 0 Å². The van der Waals surface area contributed by atoms with Gasteiger partial charge in [0.1, 0.15) is 5.76 Å². The third kappa shape index (κ3) is 6.91. The number of carbonyl (C=O) groups excluding carboxylic acids is 1. The maximum absolute atomic E-state index is 11.9. The first-order chi connectivity index (χ1) is 14.8. The summed E-state index contributed by atoms with van der Waals surface area (Å²) in [6, 6.07) is 12.0. The zero-order valence-electron chi connectivity index (χ0n) is 17.7. The van der Waals surface area contributed by atoms with Crippen molar-refractivity contribution < 1.29 is 13.9 Å². The molecule has 3 rings (SSSR count). The molecular weight excluding hydrogens is 380 g/mol. The Kier molecular flexibility index (Phi) is 8.78. The molecular formula is C23H32N4O3. The Morgan fingerprint density at radius 3 is 2.73 bits per heavy atom. The molecule has 0 bridgehead atoms. The van der Waals surface area contributed by atoms with E-state index >= 15 is 0 Å². The van der Waals surface area contributed by atoms with E-state index in [1.54, 1.807) is 6.26 Å². The van der Waals surface area contributed by atoms with Gasteiger partial charge in [0.25, 0.3) is 0 Å². The number of amides is 1. The van der Waals surface area contributed by atoms with Gasteiger partial charge in [0, 0.05) is 51.4 Å². The fraction of sp³-hybridized carbons (Fsp3) is 0.478. The van der Waals surface area contributed by atoms with Crippen molar-refractivity contribution in [2.75, 3.05) is 37.7 Å². The van der Waals surface area contributed by atoms with Gasteiger partial charge in [0.15, 0.2) is 5.96 Å². The van der Waals surface area contributed by atoms with Crippen LogP contribution in [0.3, 0.4) is 0 Å². The number of benzene rings is 1. The monoisotopic (exact) mass is 412 g/mol. The second-order valence-corrected chi connectivity index (χ2v) is 7.21. The molecule has 1 aliphatic rings. The molecule has 2 heterocycles. The van der Waals surface area contributed by atoms with Crippen LogP contribution in [0.4, 0.5) is 5.69 Å². The van der Waals surface area contributed by atoms with Gasteiger partial charge in [-0.25, -0.2) is 4.99 Å². The minimum atomic E-state index is 0.208. The van der Waals surface area contributed by atoms with Gasteiger partial charge in [0.05, 0.1) is 12.8 Å². The molecule has 1 aromatic heterocycles. The summed E-state index contributed by atoms with van der Waals surface area (Å²) in [5, 5.41) is 6.73. The topological polar surface area (TPSA) is 79.1 Å². The van der Waals surface area contributed by atoms with Gasteiger partial charge in [0.2, 0.25) is 5.91 Å². The van der Waals surface area contributed by atoms with Crippen LogP contribution < -0.4 is 15.5 Å². The standard InChI is InChI=1S/C23H32N4O3/c1-2-29-16-5-13-24-23(25-14-12-21-6-4-17-30-21)26-18-19-8-10-20(11-9-19)27-15-3-7-22(27)28/h4,6,8-11,17H,2-3,5,7,12-16,18H2,1H3,(H2,24,25,26). The second kappa shape index (κ2) is 12.0. The first-order valence-electron chi connectivity index (χ1n) is 10.8. The molecule has 0 unspecified atom stereocenters. The zero-order valence-corrected chi connectivity index (χ0v) is 17.7. The number of furan rings is 1. The third-order valence-corrected chi connectivity index (χ3v) is 4.95. The normalized spacial score (nSPS) is 14.4. The Labute approximate surface area is 178 Å². The van der Waals surface area contributed by atoms with Crippen molar-refractivity contribution in [1.29, 1.82) is 0 Å². The summed E-state index contributed by atoms with van der Waals surface area (Å²) in [6.45, 7) is 6.38. The van der Waals surface area contributed by atoms with E-state index in [4.69, 9.17) is 14.1 Å². The quantitative estimate of drug-likeness (QED) is 0.337. The average Bonchev–Trinajstić information content (AvgIpc) is 3.43. The van der Waals surface area contributed by atoms with E-state index in [0.717, 1.165) is 75.1 Å². The van der Waals surface area contributed by atoms with Crippen LogP contribution in [0.1, 0.15) is 37.5 Å². The highest BCUT2D eigenvalue weighted by molar-refractivity contribution is 5.95. The summed E-state index contributed by atoms with van der Waals surface area (Å²) in [5.41, 5.74) is 2.07. The number of ether oxygens (including phenoxy) is 1. The Morgan fingerprint density at radius 1 is 1.20 bits per heavy atom. The molecule has 0 aliphatic carbocycles. The summed E-state index contributed by atoms with van der Waals surface area (Å²) in [4.78, 5) is 18.5. The lowest BCUT2D eigenvalue weighted by Crippen LogP contribution is -2.39. The molecule has 162 valence electrons. The lowest BCUT2D eigenvalue weighted by Gasteiger charge is -2.16. The average molecular weight is 413 g/mol. The number of carbonyl (C=O) groups is 1. The molecule has 30 heavy (non-hydrogen) atoms. The van der Waals surface area contributed by atoms with Crippen molar-refractivity contribution in [3.8, 4) is 0 Å². The van der Waals surface area contributed by atoms with Gasteiger partial charge in [-0.2, -0.15) is 0 Å². The van der Waals surface area contributed by atoms with Gasteiger partial charge >= 0.3 is 0 Å². The summed E-state index contributed by atoms with van der Waals surface area (Å²) >= 11 is 0. The number of hydrogen-bond acceptors (Lipinski definition) is 4. The smallest absolute Gasteiger partial charge is 0.227 e. The van der Waals surface area contributed by atoms with Crippen LogP contribution in [0.2, 0.25) is 0 Å². The van der Waals surface area contributed by atoms with Crippen LogP contribution in [0.5, 0.6) is 0 Å². The van der Waals surface area contributed by atoms with Crippen molar-refractivity contribution in [2.45, 2.75) is 39.2 Å². The highest BCUT2D eigenvalue weighted by Crippen LogP contribution is 2.21. The largest absolute Gasteiger partial charge is 0.469 e. The molecule has 1 amide bonds. The molecule has 1 aromatic carbocycles. The SMILES string of the molecule is CCOCCCNC(=NCc1ccc(N2CCCC2=O)cc1)NCCc1ccco1. The van der Waals surface area contributed by atoms with Gasteiger partial charge in [-0.15, -0.1) is 0 Å². The molecule has 2 aromatic rings. The number of rotatable bonds is 11. The minimum absolute atomic E-state index is 0.208. The molecule has 0 spiro atoms. The fourth-order valence-electron chi connectivity index (χ4n) is 3.33. The molecule has 0 atom stereocenters. The van der Waals surface area contributed by atoms with Crippen LogP contribution in [-0.4, -0.2) is 44.7 Å². The van der Waals surface area contributed by atoms with E-state index in [2.05, 4.69) is 10.6 Å². The van der Waals surface area contributed by atoms with E-state index in [9.17, 15) is 4.79 Å². The summed E-state index contributed by atoms with van der Waals surface area (Å²) < 4.78 is 10.8. The lowest BCUT2D eigenvalue weighted by atomic mass is 10.2. The molecule has 1 aliphatic heterocycles. The summed E-state index contributed by atoms with van der Waals surface area (Å²) in [7, 11) is 0. The summed E-state index contributed by atoms with van der Waals surface area (Å²) in [6.07, 6.45) is 4.99. The molecule has 7 heteroatoms. The Hall–Kier alpha value is -2.80. The van der Waals surface area contributed by atoms with Gasteiger partial charge in [-0.3, -0.25) is 4.79 Å². The maximum Gasteiger partial charge on any atom is 0.227 e. The number of aliphatic imine (C=N–C) groups is 1. The first kappa shape index (κ1) is 21.9. The van der Waals surface area contributed by atoms with Crippen molar-refractivity contribution in [3.05, 3.63) is 54.0 Å². The van der Waals surface area contributed by atoms with Crippen LogP contribution in [-0.2, 0) is 22.5 Å². The van der Waals surface area contributed by atoms with E-state index in [-0.39, 0.29) is 5.91 Å². The van der Waals surface area contributed by atoms with Gasteiger partial charge in [-0.05, 0) is 49.6 Å². The van der Waals surface area contributed by atoms with Crippen LogP contribution in [0, 0.1) is 0 Å². The number of nitrogens with zero attached hydrogens (tertiary/aromatic N) is 2. The Balaban J connectivity index is 1.53. The minimum Gasteiger partial charge on any atom is -0.469 e. The molecule has 0 radical (unpaired) electrons. The summed E-state index contributed by atoms with van der Waals surface area (Å²) in [5.74, 6) is 1.93. The number of anilines is 1. The Morgan fingerprint density at radius 2 is 2.03 bits per heavy atom. The van der Waals surface area contributed by atoms with Crippen molar-refractivity contribution >= 4 is 17.6 Å². The maximum atomic E-state index is 11.9. The highest BCUT2D eigenvalue weighted by Gasteiger charge is 2.21. The molecule has 7 nitrogen and oxygen atoms in total. The highest BCUT2D eigenvalue weighted by atomic mass is 16.5. The predicted octanol–water partition coefficient (Wildman–Crippen LogP) is 3.11. The number of hydrogen-bond donors (Lipinski definition) is 2. The predicted molar refractivity (Wildman–Crippen MR) is 119 cm³/mol. The van der Waals surface area contributed by atoms with Gasteiger partial charge < -0.3 is 24.7 Å². The van der Waals surface area contributed by atoms with Crippen LogP contribution in [0.25, 0.3) is 0 Å². The van der Waals surface area contributed by atoms with Crippen LogP contribution >= 0.6 is 0 Å². The Bertz CT molecular complexity index is 787. The molecule has 1 fully saturated rings. The number of guanidine groups is 1. The van der Waals surface area contributed by atoms with Gasteiger partial charge in [-0.1, -0.05) is 12.1 Å². The number of nitrogens with one attached hydrogen (secondary N) is 2. The molecule has 1 saturated heterocycles. The zero-order chi connectivity index (χ0) is 21.0. The van der Waals surface area contributed by atoms with Crippen molar-refractivity contribution in [2.24, 2.45) is 4.99 Å². The van der Waals surface area contributed by atoms with E-state index < -0.39 is 0 Å². The molecule has 0 saturated carbocycles. The second-order valence-electron chi connectivity index (χ2n) is 7.21. The van der Waals surface area contributed by atoms with Crippen molar-refractivity contribution in [3.63, 3.8) is 0 Å². The lowest BCUT2D eigenvalue weighted by molar-refractivity contribution is -0.117. The fourth-order valence-corrected chi connectivity index (χ4v) is 3.33. The van der Waals surface area contributed by atoms with E-state index in [1.807, 2.05) is 48.2 Å². The van der Waals surface area contributed by atoms with Crippen LogP contribution in [0.15, 0.2) is 52.1 Å². The third-order valence-electron chi connectivity index (χ3n) is 4.95. The first-order valence-corrected chi connectivity index (χ1v) is 10.8. The van der Waals surface area contributed by atoms with E-state index in [0.29, 0.717) is 13.0 Å². The van der Waals surface area contributed by atoms with Crippen molar-refractivity contribution in [1.82, 2.24) is 10.6 Å².